The van der Waals surface area contributed by atoms with Crippen molar-refractivity contribution in [3.05, 3.63) is 23.7 Å². The maximum Gasteiger partial charge on any atom is 0.217 e. The fourth-order valence-corrected chi connectivity index (χ4v) is 6.15. The average Bonchev–Trinajstić information content (AvgIpc) is 3.15. The molecule has 4 rings (SSSR count). The Morgan fingerprint density at radius 1 is 1.18 bits per heavy atom. The molecule has 1 aromatic rings. The molecular weight excluding hydrogens is 300 g/mol. The zero-order chi connectivity index (χ0) is 15.3. The van der Waals surface area contributed by atoms with Gasteiger partial charge in [-0.1, -0.05) is 0 Å². The number of hydrogen-bond acceptors (Lipinski definition) is 4. The number of furan rings is 1. The molecule has 3 aliphatic rings. The van der Waals surface area contributed by atoms with E-state index in [4.69, 9.17) is 4.42 Å². The highest BCUT2D eigenvalue weighted by Gasteiger charge is 2.48. The Bertz CT molecular complexity index is 650. The summed E-state index contributed by atoms with van der Waals surface area (Å²) in [6.07, 6.45) is 3.68. The number of fused-ring (bicyclic) bond motifs is 1. The molecule has 0 N–H and O–H groups in total. The van der Waals surface area contributed by atoms with Crippen molar-refractivity contribution < 1.29 is 12.8 Å². The summed E-state index contributed by atoms with van der Waals surface area (Å²) in [7, 11) is -3.01. The van der Waals surface area contributed by atoms with E-state index in [9.17, 15) is 8.42 Å². The number of nitrogens with zero attached hydrogens (tertiary/aromatic N) is 2. The standard InChI is InChI=1S/C16H24N2O3S/c1-12-2-3-14(21-12)11-17-8-7-16-13(10-17)6-9-18(16)22(19,20)15-4-5-15/h2-3,13,15-16H,4-11H2,1H3/t13-,16+/m1/s1. The number of aryl methyl sites for hydroxylation is 1. The summed E-state index contributed by atoms with van der Waals surface area (Å²) in [6.45, 7) is 5.47. The second-order valence-corrected chi connectivity index (χ2v) is 9.17. The van der Waals surface area contributed by atoms with Crippen LogP contribution in [0.3, 0.4) is 0 Å². The van der Waals surface area contributed by atoms with Crippen molar-refractivity contribution in [3.63, 3.8) is 0 Å². The minimum atomic E-state index is -3.01. The highest BCUT2D eigenvalue weighted by molar-refractivity contribution is 7.90. The number of rotatable bonds is 4. The minimum Gasteiger partial charge on any atom is -0.465 e. The second kappa shape index (κ2) is 5.35. The summed E-state index contributed by atoms with van der Waals surface area (Å²) >= 11 is 0. The molecule has 0 amide bonds. The van der Waals surface area contributed by atoms with Crippen LogP contribution in [-0.4, -0.2) is 48.5 Å². The predicted octanol–water partition coefficient (Wildman–Crippen LogP) is 1.98. The predicted molar refractivity (Wildman–Crippen MR) is 83.9 cm³/mol. The lowest BCUT2D eigenvalue weighted by atomic mass is 9.93. The third-order valence-electron chi connectivity index (χ3n) is 5.32. The van der Waals surface area contributed by atoms with Crippen LogP contribution in [0.4, 0.5) is 0 Å². The molecule has 2 aliphatic heterocycles. The van der Waals surface area contributed by atoms with E-state index in [1.165, 1.54) is 0 Å². The molecule has 0 bridgehead atoms. The second-order valence-electron chi connectivity index (χ2n) is 7.01. The molecule has 22 heavy (non-hydrogen) atoms. The molecule has 2 saturated heterocycles. The van der Waals surface area contributed by atoms with E-state index in [1.54, 1.807) is 0 Å². The SMILES string of the molecule is Cc1ccc(CN2CC[C@H]3[C@H](CCN3S(=O)(=O)C3CC3)C2)o1. The highest BCUT2D eigenvalue weighted by atomic mass is 32.2. The summed E-state index contributed by atoms with van der Waals surface area (Å²) < 4.78 is 32.5. The van der Waals surface area contributed by atoms with Crippen LogP contribution in [0.2, 0.25) is 0 Å². The number of piperidine rings is 1. The Kier molecular flexibility index (Phi) is 3.58. The molecular formula is C16H24N2O3S. The first-order chi connectivity index (χ1) is 10.5. The Balaban J connectivity index is 1.41. The molecule has 3 heterocycles. The van der Waals surface area contributed by atoms with Gasteiger partial charge in [0.15, 0.2) is 0 Å². The first-order valence-electron chi connectivity index (χ1n) is 8.32. The molecule has 2 atom stereocenters. The van der Waals surface area contributed by atoms with Gasteiger partial charge >= 0.3 is 0 Å². The first-order valence-corrected chi connectivity index (χ1v) is 9.82. The molecule has 0 spiro atoms. The van der Waals surface area contributed by atoms with Crippen LogP contribution in [0.5, 0.6) is 0 Å². The summed E-state index contributed by atoms with van der Waals surface area (Å²) in [6, 6.07) is 4.28. The van der Waals surface area contributed by atoms with Crippen LogP contribution >= 0.6 is 0 Å². The lowest BCUT2D eigenvalue weighted by molar-refractivity contribution is 0.128. The smallest absolute Gasteiger partial charge is 0.217 e. The Labute approximate surface area is 132 Å². The van der Waals surface area contributed by atoms with Gasteiger partial charge in [-0.2, -0.15) is 4.31 Å². The van der Waals surface area contributed by atoms with Gasteiger partial charge in [-0.15, -0.1) is 0 Å². The van der Waals surface area contributed by atoms with Gasteiger partial charge < -0.3 is 4.42 Å². The lowest BCUT2D eigenvalue weighted by Gasteiger charge is -2.37. The van der Waals surface area contributed by atoms with E-state index in [0.29, 0.717) is 5.92 Å². The van der Waals surface area contributed by atoms with E-state index in [0.717, 1.165) is 63.4 Å². The largest absolute Gasteiger partial charge is 0.465 e. The van der Waals surface area contributed by atoms with Gasteiger partial charge in [-0.3, -0.25) is 4.90 Å². The van der Waals surface area contributed by atoms with Gasteiger partial charge in [0.25, 0.3) is 0 Å². The molecule has 1 aromatic heterocycles. The lowest BCUT2D eigenvalue weighted by Crippen LogP contribution is -2.47. The fourth-order valence-electron chi connectivity index (χ4n) is 4.02. The number of hydrogen-bond donors (Lipinski definition) is 0. The number of sulfonamides is 1. The summed E-state index contributed by atoms with van der Waals surface area (Å²) in [5, 5.41) is -0.0737. The van der Waals surface area contributed by atoms with Crippen molar-refractivity contribution in [3.8, 4) is 0 Å². The molecule has 1 saturated carbocycles. The van der Waals surface area contributed by atoms with Crippen molar-refractivity contribution in [2.75, 3.05) is 19.6 Å². The Morgan fingerprint density at radius 3 is 2.68 bits per heavy atom. The van der Waals surface area contributed by atoms with Crippen molar-refractivity contribution in [1.29, 1.82) is 0 Å². The fraction of sp³-hybridized carbons (Fsp3) is 0.750. The molecule has 3 fully saturated rings. The van der Waals surface area contributed by atoms with Crippen LogP contribution < -0.4 is 0 Å². The van der Waals surface area contributed by atoms with E-state index >= 15 is 0 Å². The van der Waals surface area contributed by atoms with E-state index in [2.05, 4.69) is 4.90 Å². The van der Waals surface area contributed by atoms with Crippen LogP contribution in [0.15, 0.2) is 16.5 Å². The van der Waals surface area contributed by atoms with Crippen LogP contribution in [0.1, 0.15) is 37.2 Å². The Morgan fingerprint density at radius 2 is 2.00 bits per heavy atom. The molecule has 0 aromatic carbocycles. The third-order valence-corrected chi connectivity index (χ3v) is 7.74. The van der Waals surface area contributed by atoms with Crippen molar-refractivity contribution in [1.82, 2.24) is 9.21 Å². The highest BCUT2D eigenvalue weighted by Crippen LogP contribution is 2.39. The summed E-state index contributed by atoms with van der Waals surface area (Å²) in [5.41, 5.74) is 0. The monoisotopic (exact) mass is 324 g/mol. The quantitative estimate of drug-likeness (QED) is 0.850. The number of likely N-dealkylation sites (tertiary alicyclic amines) is 1. The molecule has 6 heteroatoms. The molecule has 1 aliphatic carbocycles. The van der Waals surface area contributed by atoms with Gasteiger partial charge in [-0.25, -0.2) is 8.42 Å². The summed E-state index contributed by atoms with van der Waals surface area (Å²) in [4.78, 5) is 2.41. The summed E-state index contributed by atoms with van der Waals surface area (Å²) in [5.74, 6) is 2.45. The maximum atomic E-state index is 12.5. The van der Waals surface area contributed by atoms with E-state index < -0.39 is 10.0 Å². The zero-order valence-corrected chi connectivity index (χ0v) is 13.9. The van der Waals surface area contributed by atoms with Crippen LogP contribution in [-0.2, 0) is 16.6 Å². The normalized spacial score (nSPS) is 30.6. The van der Waals surface area contributed by atoms with Gasteiger partial charge in [0, 0.05) is 25.7 Å². The third kappa shape index (κ3) is 2.61. The van der Waals surface area contributed by atoms with Crippen LogP contribution in [0.25, 0.3) is 0 Å². The van der Waals surface area contributed by atoms with Gasteiger partial charge in [-0.05, 0) is 50.7 Å². The van der Waals surface area contributed by atoms with E-state index in [-0.39, 0.29) is 11.3 Å². The van der Waals surface area contributed by atoms with Crippen molar-refractivity contribution >= 4 is 10.0 Å². The first kappa shape index (κ1) is 14.7. The topological polar surface area (TPSA) is 53.8 Å². The van der Waals surface area contributed by atoms with Crippen LogP contribution in [0, 0.1) is 12.8 Å². The molecule has 122 valence electrons. The molecule has 0 unspecified atom stereocenters. The minimum absolute atomic E-state index is 0.0737. The van der Waals surface area contributed by atoms with Crippen molar-refractivity contribution in [2.24, 2.45) is 5.92 Å². The maximum absolute atomic E-state index is 12.5. The van der Waals surface area contributed by atoms with Gasteiger partial charge in [0.05, 0.1) is 11.8 Å². The van der Waals surface area contributed by atoms with Gasteiger partial charge in [0.1, 0.15) is 11.5 Å². The Hall–Kier alpha value is -0.850. The molecule has 5 nitrogen and oxygen atoms in total. The average molecular weight is 324 g/mol. The van der Waals surface area contributed by atoms with Crippen molar-refractivity contribution in [2.45, 2.75) is 50.4 Å². The van der Waals surface area contributed by atoms with Gasteiger partial charge in [0.2, 0.25) is 10.0 Å². The zero-order valence-electron chi connectivity index (χ0n) is 13.1. The molecule has 0 radical (unpaired) electrons. The van der Waals surface area contributed by atoms with E-state index in [1.807, 2.05) is 23.4 Å².